The second kappa shape index (κ2) is 5.57. The van der Waals surface area contributed by atoms with Crippen LogP contribution in [0.5, 0.6) is 0 Å². The zero-order chi connectivity index (χ0) is 15.0. The SMILES string of the molecule is CN(Cc1cccs1)S(=O)(=O)c1cc(CO)n(C2CC2)c1. The van der Waals surface area contributed by atoms with E-state index in [1.807, 2.05) is 22.1 Å². The quantitative estimate of drug-likeness (QED) is 0.885. The van der Waals surface area contributed by atoms with Crippen LogP contribution in [-0.4, -0.2) is 29.4 Å². The minimum absolute atomic E-state index is 0.138. The lowest BCUT2D eigenvalue weighted by Crippen LogP contribution is -2.25. The highest BCUT2D eigenvalue weighted by Gasteiger charge is 2.29. The number of hydrogen-bond donors (Lipinski definition) is 1. The predicted octanol–water partition coefficient (Wildman–Crippen LogP) is 2.20. The van der Waals surface area contributed by atoms with Crippen LogP contribution >= 0.6 is 11.3 Å². The molecule has 0 unspecified atom stereocenters. The van der Waals surface area contributed by atoms with E-state index >= 15 is 0 Å². The van der Waals surface area contributed by atoms with E-state index < -0.39 is 10.0 Å². The third-order valence-corrected chi connectivity index (χ3v) is 6.31. The smallest absolute Gasteiger partial charge is 0.244 e. The van der Waals surface area contributed by atoms with Crippen LogP contribution in [0.2, 0.25) is 0 Å². The van der Waals surface area contributed by atoms with Crippen molar-refractivity contribution in [3.05, 3.63) is 40.3 Å². The van der Waals surface area contributed by atoms with Crippen LogP contribution < -0.4 is 0 Å². The van der Waals surface area contributed by atoms with Crippen LogP contribution in [0.25, 0.3) is 0 Å². The van der Waals surface area contributed by atoms with Gasteiger partial charge in [-0.15, -0.1) is 11.3 Å². The molecule has 2 heterocycles. The summed E-state index contributed by atoms with van der Waals surface area (Å²) in [4.78, 5) is 1.27. The van der Waals surface area contributed by atoms with Gasteiger partial charge in [0.05, 0.1) is 6.61 Å². The van der Waals surface area contributed by atoms with Gasteiger partial charge in [0.2, 0.25) is 10.0 Å². The fourth-order valence-corrected chi connectivity index (χ4v) is 4.38. The molecule has 2 aromatic heterocycles. The zero-order valence-electron chi connectivity index (χ0n) is 11.8. The van der Waals surface area contributed by atoms with Crippen molar-refractivity contribution in [3.63, 3.8) is 0 Å². The van der Waals surface area contributed by atoms with Crippen molar-refractivity contribution in [3.8, 4) is 0 Å². The molecule has 2 aromatic rings. The van der Waals surface area contributed by atoms with Gasteiger partial charge in [0.15, 0.2) is 0 Å². The summed E-state index contributed by atoms with van der Waals surface area (Å²) in [5.74, 6) is 0. The number of sulfonamides is 1. The first-order valence-electron chi connectivity index (χ1n) is 6.82. The van der Waals surface area contributed by atoms with Crippen molar-refractivity contribution in [1.29, 1.82) is 0 Å². The maximum atomic E-state index is 12.6. The van der Waals surface area contributed by atoms with Crippen LogP contribution in [0, 0.1) is 0 Å². The Morgan fingerprint density at radius 3 is 2.81 bits per heavy atom. The van der Waals surface area contributed by atoms with Crippen molar-refractivity contribution in [2.75, 3.05) is 7.05 Å². The van der Waals surface area contributed by atoms with Crippen molar-refractivity contribution in [2.45, 2.75) is 36.9 Å². The molecule has 0 spiro atoms. The topological polar surface area (TPSA) is 62.5 Å². The van der Waals surface area contributed by atoms with Crippen LogP contribution in [0.15, 0.2) is 34.7 Å². The summed E-state index contributed by atoms with van der Waals surface area (Å²) in [7, 11) is -1.94. The Morgan fingerprint density at radius 2 is 2.24 bits per heavy atom. The number of thiophene rings is 1. The van der Waals surface area contributed by atoms with E-state index in [4.69, 9.17) is 0 Å². The van der Waals surface area contributed by atoms with E-state index in [0.717, 1.165) is 17.7 Å². The third kappa shape index (κ3) is 2.91. The largest absolute Gasteiger partial charge is 0.390 e. The molecule has 0 bridgehead atoms. The van der Waals surface area contributed by atoms with Gasteiger partial charge in [0, 0.05) is 36.4 Å². The molecule has 5 nitrogen and oxygen atoms in total. The molecule has 1 fully saturated rings. The van der Waals surface area contributed by atoms with E-state index in [2.05, 4.69) is 0 Å². The lowest BCUT2D eigenvalue weighted by atomic mass is 10.4. The van der Waals surface area contributed by atoms with Gasteiger partial charge in [-0.05, 0) is 30.4 Å². The molecule has 114 valence electrons. The molecule has 1 saturated carbocycles. The summed E-state index contributed by atoms with van der Waals surface area (Å²) in [6.07, 6.45) is 3.75. The Labute approximate surface area is 128 Å². The minimum atomic E-state index is -3.52. The van der Waals surface area contributed by atoms with E-state index in [1.54, 1.807) is 19.3 Å². The van der Waals surface area contributed by atoms with Crippen LogP contribution in [0.3, 0.4) is 0 Å². The highest BCUT2D eigenvalue weighted by atomic mass is 32.2. The molecular formula is C14H18N2O3S2. The fraction of sp³-hybridized carbons (Fsp3) is 0.429. The first-order valence-corrected chi connectivity index (χ1v) is 9.14. The zero-order valence-corrected chi connectivity index (χ0v) is 13.4. The first kappa shape index (κ1) is 14.8. The first-order chi connectivity index (χ1) is 10.0. The average Bonchev–Trinajstić information content (AvgIpc) is 3.00. The number of aromatic nitrogens is 1. The Hall–Kier alpha value is -1.15. The van der Waals surface area contributed by atoms with E-state index in [-0.39, 0.29) is 11.5 Å². The number of nitrogens with zero attached hydrogens (tertiary/aromatic N) is 2. The Morgan fingerprint density at radius 1 is 1.48 bits per heavy atom. The maximum absolute atomic E-state index is 12.6. The van der Waals surface area contributed by atoms with E-state index in [1.165, 1.54) is 15.6 Å². The summed E-state index contributed by atoms with van der Waals surface area (Å²) in [5.41, 5.74) is 0.667. The lowest BCUT2D eigenvalue weighted by molar-refractivity contribution is 0.270. The van der Waals surface area contributed by atoms with Crippen molar-refractivity contribution in [1.82, 2.24) is 8.87 Å². The van der Waals surface area contributed by atoms with Crippen LogP contribution in [0.4, 0.5) is 0 Å². The molecule has 0 radical (unpaired) electrons. The molecule has 0 aliphatic heterocycles. The average molecular weight is 326 g/mol. The minimum Gasteiger partial charge on any atom is -0.390 e. The Kier molecular flexibility index (Phi) is 3.92. The van der Waals surface area contributed by atoms with Crippen LogP contribution in [-0.2, 0) is 23.2 Å². The number of hydrogen-bond acceptors (Lipinski definition) is 4. The summed E-state index contributed by atoms with van der Waals surface area (Å²) in [6, 6.07) is 5.76. The molecule has 0 saturated heterocycles. The normalized spacial score (nSPS) is 15.8. The number of aliphatic hydroxyl groups excluding tert-OH is 1. The molecule has 0 atom stereocenters. The Bertz CT molecular complexity index is 715. The van der Waals surface area contributed by atoms with Gasteiger partial charge in [0.25, 0.3) is 0 Å². The molecule has 1 N–H and O–H groups in total. The maximum Gasteiger partial charge on any atom is 0.244 e. The third-order valence-electron chi connectivity index (χ3n) is 3.68. The highest BCUT2D eigenvalue weighted by molar-refractivity contribution is 7.89. The second-order valence-corrected chi connectivity index (χ2v) is 8.38. The van der Waals surface area contributed by atoms with Crippen molar-refractivity contribution < 1.29 is 13.5 Å². The van der Waals surface area contributed by atoms with Crippen LogP contribution in [0.1, 0.15) is 29.5 Å². The van der Waals surface area contributed by atoms with Gasteiger partial charge in [-0.2, -0.15) is 4.31 Å². The molecule has 3 rings (SSSR count). The van der Waals surface area contributed by atoms with Gasteiger partial charge in [-0.1, -0.05) is 6.07 Å². The Balaban J connectivity index is 1.87. The highest BCUT2D eigenvalue weighted by Crippen LogP contribution is 2.37. The molecular weight excluding hydrogens is 308 g/mol. The van der Waals surface area contributed by atoms with Crippen molar-refractivity contribution in [2.24, 2.45) is 0 Å². The van der Waals surface area contributed by atoms with Gasteiger partial charge in [-0.3, -0.25) is 0 Å². The standard InChI is InChI=1S/C14H18N2O3S2/c1-15(8-13-3-2-6-20-13)21(18,19)14-7-12(10-17)16(9-14)11-4-5-11/h2-3,6-7,9,11,17H,4-5,8,10H2,1H3. The monoisotopic (exact) mass is 326 g/mol. The molecule has 0 amide bonds. The molecule has 1 aliphatic carbocycles. The van der Waals surface area contributed by atoms with Gasteiger partial charge < -0.3 is 9.67 Å². The van der Waals surface area contributed by atoms with Gasteiger partial charge in [0.1, 0.15) is 4.90 Å². The second-order valence-electron chi connectivity index (χ2n) is 5.30. The predicted molar refractivity (Wildman–Crippen MR) is 81.6 cm³/mol. The van der Waals surface area contributed by atoms with Gasteiger partial charge >= 0.3 is 0 Å². The lowest BCUT2D eigenvalue weighted by Gasteiger charge is -2.15. The van der Waals surface area contributed by atoms with Gasteiger partial charge in [-0.25, -0.2) is 8.42 Å². The molecule has 0 aromatic carbocycles. The number of aliphatic hydroxyl groups is 1. The molecule has 21 heavy (non-hydrogen) atoms. The summed E-state index contributed by atoms with van der Waals surface area (Å²) in [5, 5.41) is 11.3. The number of rotatable bonds is 6. The summed E-state index contributed by atoms with van der Waals surface area (Å²) >= 11 is 1.54. The van der Waals surface area contributed by atoms with E-state index in [0.29, 0.717) is 18.3 Å². The fourth-order valence-electron chi connectivity index (χ4n) is 2.34. The molecule has 7 heteroatoms. The summed E-state index contributed by atoms with van der Waals surface area (Å²) < 4.78 is 28.5. The summed E-state index contributed by atoms with van der Waals surface area (Å²) in [6.45, 7) is 0.226. The molecule has 1 aliphatic rings. The van der Waals surface area contributed by atoms with E-state index in [9.17, 15) is 13.5 Å². The van der Waals surface area contributed by atoms with Crippen molar-refractivity contribution >= 4 is 21.4 Å².